The molecule has 33 heavy (non-hydrogen) atoms. The van der Waals surface area contributed by atoms with E-state index in [1.54, 1.807) is 24.0 Å². The fourth-order valence-corrected chi connectivity index (χ4v) is 4.08. The van der Waals surface area contributed by atoms with Crippen molar-refractivity contribution >= 4 is 35.2 Å². The molecule has 1 aromatic carbocycles. The van der Waals surface area contributed by atoms with Crippen molar-refractivity contribution in [1.82, 2.24) is 20.4 Å². The molecule has 1 unspecified atom stereocenters. The van der Waals surface area contributed by atoms with Crippen molar-refractivity contribution in [2.45, 2.75) is 26.3 Å². The van der Waals surface area contributed by atoms with E-state index >= 15 is 0 Å². The number of amides is 3. The number of carboxylic acids is 1. The van der Waals surface area contributed by atoms with Crippen LogP contribution in [0.1, 0.15) is 50.1 Å². The van der Waals surface area contributed by atoms with Crippen LogP contribution < -0.4 is 15.5 Å². The van der Waals surface area contributed by atoms with Crippen molar-refractivity contribution in [2.24, 2.45) is 0 Å². The second-order valence-corrected chi connectivity index (χ2v) is 7.93. The Labute approximate surface area is 189 Å². The standard InChI is InChI=1S/C22H24N6O5/c1-3-8-23-20(30)17-12(2)16-18(26-25-17)28-10-9-27(11-15(28)19(29)24-16)21(31)13-6-4-5-7-14(13)22(32)33/h4-7,15H,3,8-11H2,1-2H3,(H,23,30)(H,24,29)(H,32,33). The number of benzene rings is 1. The zero-order valence-electron chi connectivity index (χ0n) is 18.3. The van der Waals surface area contributed by atoms with E-state index in [-0.39, 0.29) is 41.7 Å². The molecule has 11 nitrogen and oxygen atoms in total. The maximum Gasteiger partial charge on any atom is 0.336 e. The molecule has 172 valence electrons. The van der Waals surface area contributed by atoms with Gasteiger partial charge in [-0.25, -0.2) is 4.79 Å². The third kappa shape index (κ3) is 3.97. The fourth-order valence-electron chi connectivity index (χ4n) is 4.08. The van der Waals surface area contributed by atoms with Gasteiger partial charge < -0.3 is 25.5 Å². The number of anilines is 2. The van der Waals surface area contributed by atoms with Crippen LogP contribution in [0, 0.1) is 6.92 Å². The monoisotopic (exact) mass is 452 g/mol. The van der Waals surface area contributed by atoms with Gasteiger partial charge in [-0.1, -0.05) is 19.1 Å². The number of carbonyl (C=O) groups is 4. The predicted octanol–water partition coefficient (Wildman–Crippen LogP) is 0.906. The summed E-state index contributed by atoms with van der Waals surface area (Å²) in [7, 11) is 0. The van der Waals surface area contributed by atoms with Crippen molar-refractivity contribution in [3.63, 3.8) is 0 Å². The molecule has 1 aromatic heterocycles. The first-order valence-corrected chi connectivity index (χ1v) is 10.7. The van der Waals surface area contributed by atoms with Gasteiger partial charge in [-0.15, -0.1) is 10.2 Å². The van der Waals surface area contributed by atoms with Gasteiger partial charge in [-0.3, -0.25) is 14.4 Å². The van der Waals surface area contributed by atoms with Gasteiger partial charge in [0.15, 0.2) is 11.5 Å². The van der Waals surface area contributed by atoms with Crippen LogP contribution in [0.25, 0.3) is 0 Å². The topological polar surface area (TPSA) is 145 Å². The Balaban J connectivity index is 1.58. The van der Waals surface area contributed by atoms with Crippen LogP contribution in [-0.4, -0.2) is 76.1 Å². The molecule has 0 spiro atoms. The molecule has 4 rings (SSSR count). The molecule has 0 bridgehead atoms. The third-order valence-corrected chi connectivity index (χ3v) is 5.83. The lowest BCUT2D eigenvalue weighted by Gasteiger charge is -2.44. The third-order valence-electron chi connectivity index (χ3n) is 5.83. The number of fused-ring (bicyclic) bond motifs is 3. The highest BCUT2D eigenvalue weighted by molar-refractivity contribution is 6.08. The van der Waals surface area contributed by atoms with Gasteiger partial charge in [-0.05, 0) is 25.5 Å². The summed E-state index contributed by atoms with van der Waals surface area (Å²) in [5.74, 6) is -1.87. The molecule has 1 atom stereocenters. The molecule has 2 aliphatic heterocycles. The maximum absolute atomic E-state index is 13.1. The van der Waals surface area contributed by atoms with Crippen molar-refractivity contribution < 1.29 is 24.3 Å². The van der Waals surface area contributed by atoms with Crippen LogP contribution in [0.3, 0.4) is 0 Å². The van der Waals surface area contributed by atoms with E-state index in [1.165, 1.54) is 17.0 Å². The Morgan fingerprint density at radius 1 is 1.18 bits per heavy atom. The van der Waals surface area contributed by atoms with Gasteiger partial charge in [0.1, 0.15) is 6.04 Å². The quantitative estimate of drug-likeness (QED) is 0.607. The molecule has 3 amide bonds. The molecule has 1 saturated heterocycles. The minimum atomic E-state index is -1.19. The number of piperazine rings is 1. The Kier molecular flexibility index (Phi) is 5.95. The van der Waals surface area contributed by atoms with Crippen LogP contribution in [-0.2, 0) is 4.79 Å². The predicted molar refractivity (Wildman–Crippen MR) is 118 cm³/mol. The molecule has 2 aromatic rings. The smallest absolute Gasteiger partial charge is 0.336 e. The average molecular weight is 452 g/mol. The van der Waals surface area contributed by atoms with E-state index in [0.29, 0.717) is 30.2 Å². The highest BCUT2D eigenvalue weighted by Gasteiger charge is 2.41. The van der Waals surface area contributed by atoms with Crippen LogP contribution in [0.2, 0.25) is 0 Å². The Morgan fingerprint density at radius 2 is 1.91 bits per heavy atom. The van der Waals surface area contributed by atoms with Crippen molar-refractivity contribution in [3.8, 4) is 0 Å². The number of hydrogen-bond donors (Lipinski definition) is 3. The number of carboxylic acid groups (broad SMARTS) is 1. The molecule has 3 N–H and O–H groups in total. The summed E-state index contributed by atoms with van der Waals surface area (Å²) >= 11 is 0. The first kappa shape index (κ1) is 22.2. The lowest BCUT2D eigenvalue weighted by atomic mass is 10.0. The van der Waals surface area contributed by atoms with Gasteiger partial charge in [0.2, 0.25) is 5.91 Å². The number of carbonyl (C=O) groups excluding carboxylic acids is 3. The van der Waals surface area contributed by atoms with Crippen molar-refractivity contribution in [3.05, 3.63) is 46.6 Å². The summed E-state index contributed by atoms with van der Waals surface area (Å²) in [5.41, 5.74) is 1.10. The van der Waals surface area contributed by atoms with Gasteiger partial charge in [0, 0.05) is 25.2 Å². The molecular weight excluding hydrogens is 428 g/mol. The summed E-state index contributed by atoms with van der Waals surface area (Å²) < 4.78 is 0. The molecular formula is C22H24N6O5. The number of hydrogen-bond acceptors (Lipinski definition) is 7. The number of aromatic carboxylic acids is 1. The highest BCUT2D eigenvalue weighted by atomic mass is 16.4. The van der Waals surface area contributed by atoms with Crippen LogP contribution in [0.5, 0.6) is 0 Å². The van der Waals surface area contributed by atoms with Gasteiger partial charge in [0.05, 0.1) is 23.4 Å². The number of rotatable bonds is 5. The maximum atomic E-state index is 13.1. The lowest BCUT2D eigenvalue weighted by molar-refractivity contribution is -0.118. The van der Waals surface area contributed by atoms with Crippen LogP contribution >= 0.6 is 0 Å². The highest BCUT2D eigenvalue weighted by Crippen LogP contribution is 2.35. The van der Waals surface area contributed by atoms with Crippen LogP contribution in [0.4, 0.5) is 11.5 Å². The molecule has 2 aliphatic rings. The van der Waals surface area contributed by atoms with E-state index < -0.39 is 17.9 Å². The molecule has 11 heteroatoms. The van der Waals surface area contributed by atoms with E-state index in [0.717, 1.165) is 6.42 Å². The minimum absolute atomic E-state index is 0.0670. The zero-order valence-corrected chi connectivity index (χ0v) is 18.3. The first-order valence-electron chi connectivity index (χ1n) is 10.7. The van der Waals surface area contributed by atoms with E-state index in [1.807, 2.05) is 6.92 Å². The molecule has 0 radical (unpaired) electrons. The van der Waals surface area contributed by atoms with E-state index in [4.69, 9.17) is 0 Å². The molecule has 1 fully saturated rings. The Hall–Kier alpha value is -4.02. The number of nitrogens with one attached hydrogen (secondary N) is 2. The Morgan fingerprint density at radius 3 is 2.61 bits per heavy atom. The summed E-state index contributed by atoms with van der Waals surface area (Å²) in [5, 5.41) is 23.3. The fraction of sp³-hybridized carbons (Fsp3) is 0.364. The van der Waals surface area contributed by atoms with Crippen molar-refractivity contribution in [1.29, 1.82) is 0 Å². The summed E-state index contributed by atoms with van der Waals surface area (Å²) in [4.78, 5) is 53.1. The first-order chi connectivity index (χ1) is 15.8. The molecule has 3 heterocycles. The van der Waals surface area contributed by atoms with Crippen molar-refractivity contribution in [2.75, 3.05) is 36.4 Å². The molecule has 0 saturated carbocycles. The van der Waals surface area contributed by atoms with E-state index in [2.05, 4.69) is 20.8 Å². The van der Waals surface area contributed by atoms with Gasteiger partial charge >= 0.3 is 5.97 Å². The summed E-state index contributed by atoms with van der Waals surface area (Å²) in [6.45, 7) is 4.80. The molecule has 0 aliphatic carbocycles. The zero-order chi connectivity index (χ0) is 23.7. The average Bonchev–Trinajstić information content (AvgIpc) is 2.82. The Bertz CT molecular complexity index is 1150. The number of nitrogens with zero attached hydrogens (tertiary/aromatic N) is 4. The summed E-state index contributed by atoms with van der Waals surface area (Å²) in [6.07, 6.45) is 0.779. The van der Waals surface area contributed by atoms with Gasteiger partial charge in [-0.2, -0.15) is 0 Å². The lowest BCUT2D eigenvalue weighted by Crippen LogP contribution is -2.61. The second-order valence-electron chi connectivity index (χ2n) is 7.93. The number of aromatic nitrogens is 2. The second kappa shape index (κ2) is 8.85. The largest absolute Gasteiger partial charge is 0.478 e. The minimum Gasteiger partial charge on any atom is -0.478 e. The van der Waals surface area contributed by atoms with Crippen LogP contribution in [0.15, 0.2) is 24.3 Å². The SMILES string of the molecule is CCCNC(=O)c1nnc2c(c1C)NC(=O)C1CN(C(=O)c3ccccc3C(=O)O)CCN21. The van der Waals surface area contributed by atoms with E-state index in [9.17, 15) is 24.3 Å². The normalized spacial score (nSPS) is 17.0. The summed E-state index contributed by atoms with van der Waals surface area (Å²) in [6, 6.07) is 5.30. The van der Waals surface area contributed by atoms with Gasteiger partial charge in [0.25, 0.3) is 11.8 Å².